The largest absolute Gasteiger partial charge is 0.496 e. The maximum absolute atomic E-state index is 14.8. The Kier molecular flexibility index (Phi) is 8.35. The van der Waals surface area contributed by atoms with E-state index in [-0.39, 0.29) is 11.5 Å². The summed E-state index contributed by atoms with van der Waals surface area (Å²) in [6, 6.07) is 30.0. The Morgan fingerprint density at radius 1 is 0.917 bits per heavy atom. The lowest BCUT2D eigenvalue weighted by molar-refractivity contribution is -0.127. The Morgan fingerprint density at radius 2 is 1.60 bits per heavy atom. The minimum absolute atomic E-state index is 0.129. The van der Waals surface area contributed by atoms with E-state index >= 15 is 0 Å². The maximum atomic E-state index is 14.8. The molecular weight excluding hydrogens is 617 g/mol. The van der Waals surface area contributed by atoms with E-state index in [0.29, 0.717) is 39.4 Å². The van der Waals surface area contributed by atoms with E-state index in [9.17, 15) is 9.59 Å². The topological polar surface area (TPSA) is 68.8 Å². The summed E-state index contributed by atoms with van der Waals surface area (Å²) in [4.78, 5) is 36.3. The summed E-state index contributed by atoms with van der Waals surface area (Å²) >= 11 is 1.36. The molecule has 0 radical (unpaired) electrons. The average Bonchev–Trinajstić information content (AvgIpc) is 3.56. The Bertz CT molecular complexity index is 2410. The fourth-order valence-electron chi connectivity index (χ4n) is 7.03. The van der Waals surface area contributed by atoms with Crippen molar-refractivity contribution in [3.63, 3.8) is 0 Å². The Balaban J connectivity index is 1.49. The van der Waals surface area contributed by atoms with Gasteiger partial charge in [0, 0.05) is 47.4 Å². The second-order valence-corrected chi connectivity index (χ2v) is 13.1. The van der Waals surface area contributed by atoms with Gasteiger partial charge in [-0.3, -0.25) is 14.2 Å². The first-order chi connectivity index (χ1) is 23.4. The number of carbonyl (C=O) groups is 1. The molecule has 0 unspecified atom stereocenters. The Hall–Kier alpha value is -5.21. The number of para-hydroxylation sites is 1. The molecule has 1 aliphatic heterocycles. The number of nitrogens with zero attached hydrogens (tertiary/aromatic N) is 4. The molecule has 0 aliphatic carbocycles. The van der Waals surface area contributed by atoms with E-state index in [4.69, 9.17) is 9.73 Å². The molecule has 0 N–H and O–H groups in total. The van der Waals surface area contributed by atoms with E-state index in [1.807, 2.05) is 75.4 Å². The van der Waals surface area contributed by atoms with Crippen LogP contribution in [0.25, 0.3) is 27.8 Å². The number of rotatable bonds is 8. The first kappa shape index (κ1) is 31.4. The van der Waals surface area contributed by atoms with Crippen LogP contribution < -0.4 is 19.6 Å². The van der Waals surface area contributed by atoms with Crippen LogP contribution in [0.3, 0.4) is 0 Å². The number of thiazole rings is 1. The highest BCUT2D eigenvalue weighted by Gasteiger charge is 2.36. The average molecular weight is 655 g/mol. The third-order valence-electron chi connectivity index (χ3n) is 9.47. The second kappa shape index (κ2) is 12.8. The molecule has 48 heavy (non-hydrogen) atoms. The summed E-state index contributed by atoms with van der Waals surface area (Å²) in [6.07, 6.45) is 2.01. The monoisotopic (exact) mass is 654 g/mol. The molecule has 6 aromatic rings. The van der Waals surface area contributed by atoms with Crippen LogP contribution in [0.2, 0.25) is 0 Å². The minimum atomic E-state index is -0.724. The molecule has 1 amide bonds. The van der Waals surface area contributed by atoms with Crippen LogP contribution in [0.1, 0.15) is 49.2 Å². The highest BCUT2D eigenvalue weighted by molar-refractivity contribution is 7.07. The van der Waals surface area contributed by atoms with Crippen LogP contribution in [0.4, 0.5) is 0 Å². The molecule has 0 saturated heterocycles. The zero-order chi connectivity index (χ0) is 33.5. The number of carbonyl (C=O) groups excluding carboxylic acids is 1. The molecule has 3 heterocycles. The number of methoxy groups -OCH3 is 1. The first-order valence-electron chi connectivity index (χ1n) is 16.3. The molecule has 1 atom stereocenters. The van der Waals surface area contributed by atoms with Gasteiger partial charge < -0.3 is 14.2 Å². The van der Waals surface area contributed by atoms with Crippen molar-refractivity contribution in [3.8, 4) is 5.75 Å². The number of amides is 1. The Labute approximate surface area is 283 Å². The van der Waals surface area contributed by atoms with Crippen LogP contribution in [0, 0.1) is 6.92 Å². The van der Waals surface area contributed by atoms with E-state index in [1.165, 1.54) is 16.9 Å². The number of hydrogen-bond acceptors (Lipinski definition) is 5. The van der Waals surface area contributed by atoms with Gasteiger partial charge in [-0.05, 0) is 62.2 Å². The molecule has 8 heteroatoms. The molecule has 7 rings (SSSR count). The van der Waals surface area contributed by atoms with Crippen molar-refractivity contribution in [1.82, 2.24) is 14.0 Å². The zero-order valence-electron chi connectivity index (χ0n) is 27.9. The lowest BCUT2D eigenvalue weighted by atomic mass is 9.90. The first-order valence-corrected chi connectivity index (χ1v) is 17.2. The minimum Gasteiger partial charge on any atom is -0.496 e. The van der Waals surface area contributed by atoms with E-state index in [2.05, 4.69) is 54.0 Å². The fourth-order valence-corrected chi connectivity index (χ4v) is 8.05. The van der Waals surface area contributed by atoms with E-state index in [1.54, 1.807) is 16.6 Å². The molecule has 0 spiro atoms. The van der Waals surface area contributed by atoms with Gasteiger partial charge in [-0.2, -0.15) is 0 Å². The molecule has 2 aromatic heterocycles. The summed E-state index contributed by atoms with van der Waals surface area (Å²) < 4.78 is 10.5. The van der Waals surface area contributed by atoms with Crippen LogP contribution in [-0.2, 0) is 11.3 Å². The van der Waals surface area contributed by atoms with Gasteiger partial charge in [0.15, 0.2) is 4.80 Å². The summed E-state index contributed by atoms with van der Waals surface area (Å²) in [6.45, 7) is 9.73. The van der Waals surface area contributed by atoms with Gasteiger partial charge in [-0.1, -0.05) is 90.2 Å². The number of ether oxygens (including phenoxy) is 1. The SMILES string of the molecule is CCN(CC)C(=O)C1=C(C)N=c2s/c(=C/c3c(C)n(Cc4ccccc4)c4ccccc34)c(=O)n2[C@H]1c1c(OC)ccc2ccccc12. The zero-order valence-corrected chi connectivity index (χ0v) is 28.7. The standard InChI is InChI=1S/C40H38N4O3S/c1-6-42(7-2)39(46)35-25(3)41-40-44(37(35)36-29-18-12-11-17-28(29)21-22-33(36)47-5)38(45)34(48-40)23-31-26(4)43(24-27-15-9-8-10-16-27)32-20-14-13-19-30(31)32/h8-23,37H,6-7,24H2,1-5H3/b34-23+/t37-/m1/s1. The predicted octanol–water partition coefficient (Wildman–Crippen LogP) is 6.58. The maximum Gasteiger partial charge on any atom is 0.271 e. The van der Waals surface area contributed by atoms with Crippen molar-refractivity contribution in [2.45, 2.75) is 40.3 Å². The van der Waals surface area contributed by atoms with Crippen molar-refractivity contribution in [2.24, 2.45) is 4.99 Å². The summed E-state index contributed by atoms with van der Waals surface area (Å²) in [5.74, 6) is 0.489. The smallest absolute Gasteiger partial charge is 0.271 e. The van der Waals surface area contributed by atoms with Crippen LogP contribution >= 0.6 is 11.3 Å². The summed E-state index contributed by atoms with van der Waals surface area (Å²) in [5.41, 5.74) is 6.08. The van der Waals surface area contributed by atoms with Gasteiger partial charge in [0.2, 0.25) is 0 Å². The number of hydrogen-bond donors (Lipinski definition) is 0. The number of aromatic nitrogens is 2. The molecule has 0 fully saturated rings. The molecule has 0 saturated carbocycles. The van der Waals surface area contributed by atoms with Crippen LogP contribution in [0.15, 0.2) is 112 Å². The van der Waals surface area contributed by atoms with Crippen LogP contribution in [-0.4, -0.2) is 40.1 Å². The lowest BCUT2D eigenvalue weighted by Crippen LogP contribution is -2.43. The third-order valence-corrected chi connectivity index (χ3v) is 10.4. The molecule has 4 aromatic carbocycles. The molecule has 242 valence electrons. The Morgan fingerprint density at radius 3 is 2.33 bits per heavy atom. The van der Waals surface area contributed by atoms with Crippen molar-refractivity contribution in [1.29, 1.82) is 0 Å². The van der Waals surface area contributed by atoms with Gasteiger partial charge in [-0.15, -0.1) is 0 Å². The highest BCUT2D eigenvalue weighted by atomic mass is 32.1. The normalized spacial score (nSPS) is 14.8. The fraction of sp³-hybridized carbons (Fsp3) is 0.225. The van der Waals surface area contributed by atoms with Gasteiger partial charge >= 0.3 is 0 Å². The van der Waals surface area contributed by atoms with Gasteiger partial charge in [0.1, 0.15) is 11.8 Å². The quantitative estimate of drug-likeness (QED) is 0.186. The molecular formula is C40H38N4O3S. The number of allylic oxidation sites excluding steroid dienone is 1. The van der Waals surface area contributed by atoms with Crippen molar-refractivity contribution < 1.29 is 9.53 Å². The molecule has 0 bridgehead atoms. The predicted molar refractivity (Wildman–Crippen MR) is 194 cm³/mol. The lowest BCUT2D eigenvalue weighted by Gasteiger charge is -2.30. The third kappa shape index (κ3) is 5.17. The van der Waals surface area contributed by atoms with Gasteiger partial charge in [0.25, 0.3) is 11.5 Å². The van der Waals surface area contributed by atoms with E-state index < -0.39 is 6.04 Å². The van der Waals surface area contributed by atoms with Crippen molar-refractivity contribution in [3.05, 3.63) is 144 Å². The number of likely N-dealkylation sites (N-methyl/N-ethyl adjacent to an activating group) is 1. The van der Waals surface area contributed by atoms with Gasteiger partial charge in [-0.25, -0.2) is 4.99 Å². The van der Waals surface area contributed by atoms with Gasteiger partial charge in [0.05, 0.1) is 22.9 Å². The van der Waals surface area contributed by atoms with Crippen molar-refractivity contribution >= 4 is 45.0 Å². The molecule has 7 nitrogen and oxygen atoms in total. The van der Waals surface area contributed by atoms with Crippen LogP contribution in [0.5, 0.6) is 5.75 Å². The van der Waals surface area contributed by atoms with E-state index in [0.717, 1.165) is 45.0 Å². The number of fused-ring (bicyclic) bond motifs is 3. The van der Waals surface area contributed by atoms with Crippen molar-refractivity contribution in [2.75, 3.05) is 20.2 Å². The highest BCUT2D eigenvalue weighted by Crippen LogP contribution is 2.40. The summed E-state index contributed by atoms with van der Waals surface area (Å²) in [5, 5.41) is 3.01. The molecule has 1 aliphatic rings. The number of benzene rings is 4. The second-order valence-electron chi connectivity index (χ2n) is 12.0. The summed E-state index contributed by atoms with van der Waals surface area (Å²) in [7, 11) is 1.63.